The van der Waals surface area contributed by atoms with Gasteiger partial charge in [-0.25, -0.2) is 8.42 Å². The molecule has 1 aliphatic heterocycles. The molecule has 1 aliphatic rings. The summed E-state index contributed by atoms with van der Waals surface area (Å²) >= 11 is 0. The van der Waals surface area contributed by atoms with Crippen molar-refractivity contribution in [3.63, 3.8) is 0 Å². The summed E-state index contributed by atoms with van der Waals surface area (Å²) in [5, 5.41) is 3.39. The van der Waals surface area contributed by atoms with Crippen molar-refractivity contribution >= 4 is 9.84 Å². The SMILES string of the molecule is CCCS(=O)(=O)CCN1CCNCC1c1ccccc1. The van der Waals surface area contributed by atoms with Gasteiger partial charge in [-0.05, 0) is 12.0 Å². The summed E-state index contributed by atoms with van der Waals surface area (Å²) < 4.78 is 23.7. The van der Waals surface area contributed by atoms with Gasteiger partial charge in [-0.2, -0.15) is 0 Å². The number of rotatable bonds is 6. The molecular formula is C15H24N2O2S. The normalized spacial score (nSPS) is 20.9. The zero-order valence-electron chi connectivity index (χ0n) is 12.1. The van der Waals surface area contributed by atoms with E-state index in [4.69, 9.17) is 0 Å². The molecule has 0 aromatic heterocycles. The van der Waals surface area contributed by atoms with Gasteiger partial charge < -0.3 is 5.32 Å². The van der Waals surface area contributed by atoms with Crippen molar-refractivity contribution in [2.24, 2.45) is 0 Å². The van der Waals surface area contributed by atoms with Gasteiger partial charge in [-0.3, -0.25) is 4.90 Å². The van der Waals surface area contributed by atoms with E-state index in [0.29, 0.717) is 18.7 Å². The van der Waals surface area contributed by atoms with Crippen molar-refractivity contribution in [1.29, 1.82) is 0 Å². The van der Waals surface area contributed by atoms with Crippen molar-refractivity contribution in [1.82, 2.24) is 10.2 Å². The summed E-state index contributed by atoms with van der Waals surface area (Å²) in [5.74, 6) is 0.569. The van der Waals surface area contributed by atoms with Crippen LogP contribution >= 0.6 is 0 Å². The lowest BCUT2D eigenvalue weighted by molar-refractivity contribution is 0.172. The highest BCUT2D eigenvalue weighted by molar-refractivity contribution is 7.91. The van der Waals surface area contributed by atoms with Gasteiger partial charge >= 0.3 is 0 Å². The zero-order chi connectivity index (χ0) is 14.4. The maximum Gasteiger partial charge on any atom is 0.151 e. The van der Waals surface area contributed by atoms with Gasteiger partial charge in [0, 0.05) is 38.0 Å². The first kappa shape index (κ1) is 15.5. The standard InChI is InChI=1S/C15H24N2O2S/c1-2-11-20(18,19)12-10-17-9-8-16-13-15(17)14-6-4-3-5-7-14/h3-7,15-16H,2,8-13H2,1H3. The fourth-order valence-corrected chi connectivity index (χ4v) is 4.03. The molecule has 112 valence electrons. The molecule has 0 radical (unpaired) electrons. The minimum absolute atomic E-state index is 0.268. The van der Waals surface area contributed by atoms with Gasteiger partial charge in [0.1, 0.15) is 0 Å². The first-order valence-corrected chi connectivity index (χ1v) is 9.14. The predicted octanol–water partition coefficient (Wildman–Crippen LogP) is 1.46. The molecule has 1 aromatic rings. The first-order chi connectivity index (χ1) is 9.62. The maximum atomic E-state index is 11.9. The van der Waals surface area contributed by atoms with E-state index in [-0.39, 0.29) is 11.8 Å². The van der Waals surface area contributed by atoms with Crippen LogP contribution in [0.3, 0.4) is 0 Å². The summed E-state index contributed by atoms with van der Waals surface area (Å²) in [5.41, 5.74) is 1.26. The molecule has 5 heteroatoms. The summed E-state index contributed by atoms with van der Waals surface area (Å²) in [6, 6.07) is 10.6. The van der Waals surface area contributed by atoms with Crippen LogP contribution in [0.25, 0.3) is 0 Å². The molecule has 1 atom stereocenters. The molecule has 4 nitrogen and oxygen atoms in total. The van der Waals surface area contributed by atoms with Crippen LogP contribution in [-0.4, -0.2) is 51.0 Å². The van der Waals surface area contributed by atoms with Crippen LogP contribution < -0.4 is 5.32 Å². The average Bonchev–Trinajstić information content (AvgIpc) is 2.46. The molecular weight excluding hydrogens is 272 g/mol. The lowest BCUT2D eigenvalue weighted by Gasteiger charge is -2.36. The number of sulfone groups is 1. The van der Waals surface area contributed by atoms with Crippen LogP contribution in [0.5, 0.6) is 0 Å². The second-order valence-electron chi connectivity index (χ2n) is 5.32. The molecule has 1 aromatic carbocycles. The number of nitrogens with one attached hydrogen (secondary N) is 1. The van der Waals surface area contributed by atoms with E-state index in [1.165, 1.54) is 5.56 Å². The van der Waals surface area contributed by atoms with E-state index in [1.54, 1.807) is 0 Å². The summed E-state index contributed by atoms with van der Waals surface area (Å²) in [4.78, 5) is 2.29. The Balaban J connectivity index is 2.01. The molecule has 1 unspecified atom stereocenters. The highest BCUT2D eigenvalue weighted by Gasteiger charge is 2.24. The Morgan fingerprint density at radius 2 is 2.00 bits per heavy atom. The highest BCUT2D eigenvalue weighted by Crippen LogP contribution is 2.21. The van der Waals surface area contributed by atoms with Crippen molar-refractivity contribution in [3.05, 3.63) is 35.9 Å². The minimum atomic E-state index is -2.90. The number of hydrogen-bond acceptors (Lipinski definition) is 4. The van der Waals surface area contributed by atoms with Crippen LogP contribution in [0.4, 0.5) is 0 Å². The molecule has 0 spiro atoms. The molecule has 1 N–H and O–H groups in total. The van der Waals surface area contributed by atoms with Gasteiger partial charge in [-0.1, -0.05) is 37.3 Å². The molecule has 0 aliphatic carbocycles. The molecule has 1 fully saturated rings. The smallest absolute Gasteiger partial charge is 0.151 e. The monoisotopic (exact) mass is 296 g/mol. The van der Waals surface area contributed by atoms with Crippen LogP contribution in [-0.2, 0) is 9.84 Å². The fraction of sp³-hybridized carbons (Fsp3) is 0.600. The number of nitrogens with zero attached hydrogens (tertiary/aromatic N) is 1. The van der Waals surface area contributed by atoms with Gasteiger partial charge in [-0.15, -0.1) is 0 Å². The Labute approximate surface area is 122 Å². The number of benzene rings is 1. The number of piperazine rings is 1. The van der Waals surface area contributed by atoms with E-state index >= 15 is 0 Å². The van der Waals surface area contributed by atoms with Gasteiger partial charge in [0.15, 0.2) is 9.84 Å². The second kappa shape index (κ2) is 7.20. The lowest BCUT2D eigenvalue weighted by atomic mass is 10.0. The van der Waals surface area contributed by atoms with Crippen molar-refractivity contribution in [2.45, 2.75) is 19.4 Å². The molecule has 0 amide bonds. The summed E-state index contributed by atoms with van der Waals surface area (Å²) in [7, 11) is -2.90. The molecule has 1 saturated heterocycles. The average molecular weight is 296 g/mol. The lowest BCUT2D eigenvalue weighted by Crippen LogP contribution is -2.47. The summed E-state index contributed by atoms with van der Waals surface area (Å²) in [6.07, 6.45) is 0.700. The van der Waals surface area contributed by atoms with E-state index in [2.05, 4.69) is 22.3 Å². The van der Waals surface area contributed by atoms with Gasteiger partial charge in [0.05, 0.1) is 5.75 Å². The van der Waals surface area contributed by atoms with Crippen molar-refractivity contribution < 1.29 is 8.42 Å². The Hall–Kier alpha value is -0.910. The van der Waals surface area contributed by atoms with Gasteiger partial charge in [0.2, 0.25) is 0 Å². The third-order valence-corrected chi connectivity index (χ3v) is 5.58. The Bertz CT molecular complexity index is 502. The molecule has 2 rings (SSSR count). The molecule has 20 heavy (non-hydrogen) atoms. The molecule has 0 bridgehead atoms. The first-order valence-electron chi connectivity index (χ1n) is 7.32. The van der Waals surface area contributed by atoms with E-state index < -0.39 is 9.84 Å². The third kappa shape index (κ3) is 4.30. The maximum absolute atomic E-state index is 11.9. The minimum Gasteiger partial charge on any atom is -0.314 e. The van der Waals surface area contributed by atoms with Crippen LogP contribution in [0.2, 0.25) is 0 Å². The zero-order valence-corrected chi connectivity index (χ0v) is 12.9. The third-order valence-electron chi connectivity index (χ3n) is 3.74. The second-order valence-corrected chi connectivity index (χ2v) is 7.62. The molecule has 0 saturated carbocycles. The number of hydrogen-bond donors (Lipinski definition) is 1. The van der Waals surface area contributed by atoms with Crippen LogP contribution in [0, 0.1) is 0 Å². The van der Waals surface area contributed by atoms with Gasteiger partial charge in [0.25, 0.3) is 0 Å². The Morgan fingerprint density at radius 1 is 1.25 bits per heavy atom. The van der Waals surface area contributed by atoms with E-state index in [9.17, 15) is 8.42 Å². The Kier molecular flexibility index (Phi) is 5.57. The predicted molar refractivity (Wildman–Crippen MR) is 82.6 cm³/mol. The van der Waals surface area contributed by atoms with E-state index in [1.807, 2.05) is 25.1 Å². The van der Waals surface area contributed by atoms with Crippen LogP contribution in [0.1, 0.15) is 24.9 Å². The topological polar surface area (TPSA) is 49.4 Å². The van der Waals surface area contributed by atoms with E-state index in [0.717, 1.165) is 19.6 Å². The summed E-state index contributed by atoms with van der Waals surface area (Å²) in [6.45, 7) is 5.26. The Morgan fingerprint density at radius 3 is 2.70 bits per heavy atom. The highest BCUT2D eigenvalue weighted by atomic mass is 32.2. The van der Waals surface area contributed by atoms with Crippen LogP contribution in [0.15, 0.2) is 30.3 Å². The molecule has 1 heterocycles. The fourth-order valence-electron chi connectivity index (χ4n) is 2.69. The quantitative estimate of drug-likeness (QED) is 0.863. The van der Waals surface area contributed by atoms with Crippen molar-refractivity contribution in [3.8, 4) is 0 Å². The largest absolute Gasteiger partial charge is 0.314 e. The van der Waals surface area contributed by atoms with Crippen molar-refractivity contribution in [2.75, 3.05) is 37.7 Å².